The summed E-state index contributed by atoms with van der Waals surface area (Å²) in [5, 5.41) is 29.1. The number of hydrogen-bond donors (Lipinski definition) is 2. The molecule has 0 saturated carbocycles. The number of carbonyl (C=O) groups excluding carboxylic acids is 8. The van der Waals surface area contributed by atoms with Crippen molar-refractivity contribution in [1.29, 1.82) is 0 Å². The van der Waals surface area contributed by atoms with Crippen LogP contribution in [0.3, 0.4) is 0 Å². The van der Waals surface area contributed by atoms with Crippen molar-refractivity contribution in [3.05, 3.63) is 69.5 Å². The van der Waals surface area contributed by atoms with E-state index in [1.807, 2.05) is 17.5 Å². The van der Waals surface area contributed by atoms with Gasteiger partial charge < -0.3 is 39.9 Å². The minimum Gasteiger partial charge on any atom is -0.543 e. The maximum atomic E-state index is 12.5. The molecule has 0 aliphatic carbocycles. The van der Waals surface area contributed by atoms with Gasteiger partial charge in [-0.1, -0.05) is 6.07 Å². The van der Waals surface area contributed by atoms with Crippen LogP contribution in [0, 0.1) is 0 Å². The van der Waals surface area contributed by atoms with Gasteiger partial charge in [0.05, 0.1) is 35.5 Å². The number of carboxylic acids is 2. The van der Waals surface area contributed by atoms with Gasteiger partial charge in [0.2, 0.25) is 11.8 Å². The summed E-state index contributed by atoms with van der Waals surface area (Å²) in [5.41, 5.74) is 0.0383. The Morgan fingerprint density at radius 2 is 1.29 bits per heavy atom. The first-order valence-electron chi connectivity index (χ1n) is 15.9. The number of rotatable bonds is 13. The first-order chi connectivity index (χ1) is 25.8. The number of nitrogens with zero attached hydrogens (tertiary/aromatic N) is 3. The molecule has 4 atom stereocenters. The van der Waals surface area contributed by atoms with E-state index in [0.717, 1.165) is 19.6 Å². The normalized spacial score (nSPS) is 20.5. The van der Waals surface area contributed by atoms with Crippen LogP contribution in [-0.2, 0) is 54.3 Å². The van der Waals surface area contributed by atoms with E-state index in [1.54, 1.807) is 24.5 Å². The molecule has 2 N–H and O–H groups in total. The standard InChI is InChI=1S/C17H17N3O6S2.C16H16N2O6S2.2Na/c1-9(21)26-6-10-7-28-16-13(15(23)20(16)14(10)17(24)25)19-12(22)8-27-11-2-4-18-5-3-11;1-8(19)24-6-9-7-26-15-12(14(21)18(15)13(9)16(22)23)17-11(20)5-10-3-2-4-25-10;;/h2-5,13,16H,6-8H2,1H3,(H,19,22)(H,24,25);2-4,12,15H,5-7H2,1H3,(H,17,20)(H,22,23);;/q;;2*+1/p-2/t13-,16-;12-,15-;;/m11../s1. The molecule has 23 heteroatoms. The Balaban J connectivity index is 0.000000291. The molecule has 6 heterocycles. The second-order valence-corrected chi connectivity index (χ2v) is 16.0. The van der Waals surface area contributed by atoms with Crippen molar-refractivity contribution in [3.8, 4) is 0 Å². The number of fused-ring (bicyclic) bond motifs is 2. The fourth-order valence-electron chi connectivity index (χ4n) is 5.54. The van der Waals surface area contributed by atoms with E-state index in [2.05, 4.69) is 15.6 Å². The zero-order valence-electron chi connectivity index (χ0n) is 30.5. The van der Waals surface area contributed by atoms with Gasteiger partial charge in [-0.25, -0.2) is 0 Å². The number of amides is 4. The molecule has 4 amide bonds. The monoisotopic (exact) mass is 863 g/mol. The Morgan fingerprint density at radius 1 is 0.804 bits per heavy atom. The maximum absolute atomic E-state index is 12.5. The first kappa shape index (κ1) is 47.5. The Hall–Kier alpha value is -2.86. The quantitative estimate of drug-likeness (QED) is 0.0823. The van der Waals surface area contributed by atoms with Crippen LogP contribution in [0.4, 0.5) is 0 Å². The molecule has 286 valence electrons. The Morgan fingerprint density at radius 3 is 1.71 bits per heavy atom. The van der Waals surface area contributed by atoms with Crippen LogP contribution in [-0.4, -0.2) is 116 Å². The third kappa shape index (κ3) is 11.6. The number of β-lactam (4-membered cyclic amide) rings is 2. The Bertz CT molecular complexity index is 1920. The van der Waals surface area contributed by atoms with Gasteiger partial charge in [-0.05, 0) is 23.6 Å². The first-order valence-corrected chi connectivity index (χ1v) is 19.9. The summed E-state index contributed by atoms with van der Waals surface area (Å²) in [6, 6.07) is 5.62. The maximum Gasteiger partial charge on any atom is 1.00 e. The van der Waals surface area contributed by atoms with Crippen LogP contribution in [0.25, 0.3) is 0 Å². The van der Waals surface area contributed by atoms with Crippen LogP contribution in [0.1, 0.15) is 18.7 Å². The molecule has 4 aliphatic heterocycles. The second-order valence-electron chi connectivity index (χ2n) is 11.7. The van der Waals surface area contributed by atoms with E-state index in [-0.39, 0.29) is 119 Å². The number of ether oxygens (including phenoxy) is 2. The van der Waals surface area contributed by atoms with Crippen LogP contribution in [0.2, 0.25) is 0 Å². The second kappa shape index (κ2) is 21.8. The van der Waals surface area contributed by atoms with Crippen molar-refractivity contribution >= 4 is 94.1 Å². The number of esters is 2. The van der Waals surface area contributed by atoms with E-state index < -0.39 is 58.5 Å². The SMILES string of the molecule is CC(=O)OCC1=C(C(=O)[O-])N2C(=O)[C@@H](NC(=O)CSc3ccncc3)[C@H]2SC1.CC(=O)OCC1=C(C(=O)[O-])N2C(=O)[C@@H](NC(=O)Cc3cccs3)[C@H]2SC1.[Na+].[Na+]. The zero-order valence-corrected chi connectivity index (χ0v) is 37.7. The van der Waals surface area contributed by atoms with Crippen molar-refractivity contribution in [3.63, 3.8) is 0 Å². The summed E-state index contributed by atoms with van der Waals surface area (Å²) in [4.78, 5) is 102. The molecule has 0 radical (unpaired) electrons. The number of aliphatic carboxylic acids is 2. The Kier molecular flexibility index (Phi) is 18.5. The van der Waals surface area contributed by atoms with E-state index >= 15 is 0 Å². The van der Waals surface area contributed by atoms with Crippen molar-refractivity contribution in [2.75, 3.05) is 30.5 Å². The topological polar surface area (TPSA) is 245 Å². The van der Waals surface area contributed by atoms with Crippen molar-refractivity contribution in [2.45, 2.75) is 48.0 Å². The van der Waals surface area contributed by atoms with Gasteiger partial charge in [-0.3, -0.25) is 43.6 Å². The number of nitrogens with one attached hydrogen (secondary N) is 2. The summed E-state index contributed by atoms with van der Waals surface area (Å²) in [6.07, 6.45) is 3.40. The molecular weight excluding hydrogens is 833 g/mol. The van der Waals surface area contributed by atoms with Crippen molar-refractivity contribution in [2.24, 2.45) is 0 Å². The minimum absolute atomic E-state index is 0. The summed E-state index contributed by atoms with van der Waals surface area (Å²) in [6.45, 7) is 1.99. The molecule has 0 aromatic carbocycles. The van der Waals surface area contributed by atoms with Gasteiger partial charge in [0, 0.05) is 58.7 Å². The fraction of sp³-hybridized carbons (Fsp3) is 0.364. The van der Waals surface area contributed by atoms with Gasteiger partial charge in [0.1, 0.15) is 36.0 Å². The predicted molar refractivity (Wildman–Crippen MR) is 190 cm³/mol. The molecule has 0 spiro atoms. The average Bonchev–Trinajstić information content (AvgIpc) is 3.66. The molecular formula is C33H31N5Na2O12S4. The van der Waals surface area contributed by atoms with Gasteiger partial charge >= 0.3 is 71.1 Å². The number of carbonyl (C=O) groups is 8. The number of aromatic nitrogens is 1. The van der Waals surface area contributed by atoms with E-state index in [1.165, 1.54) is 60.5 Å². The van der Waals surface area contributed by atoms with Crippen molar-refractivity contribution < 1.29 is 117 Å². The summed E-state index contributed by atoms with van der Waals surface area (Å²) in [5.74, 6) is -5.15. The predicted octanol–water partition coefficient (Wildman–Crippen LogP) is -7.59. The molecule has 56 heavy (non-hydrogen) atoms. The number of thiophene rings is 1. The molecule has 17 nitrogen and oxygen atoms in total. The van der Waals surface area contributed by atoms with Gasteiger partial charge in [0.15, 0.2) is 0 Å². The van der Waals surface area contributed by atoms with Gasteiger partial charge in [0.25, 0.3) is 11.8 Å². The van der Waals surface area contributed by atoms with Crippen LogP contribution in [0.15, 0.2) is 69.5 Å². The summed E-state index contributed by atoms with van der Waals surface area (Å²) < 4.78 is 9.70. The fourth-order valence-corrected chi connectivity index (χ4v) is 9.59. The Labute approximate surface area is 381 Å². The molecule has 2 aromatic heterocycles. The summed E-state index contributed by atoms with van der Waals surface area (Å²) in [7, 11) is 0. The molecule has 2 saturated heterocycles. The van der Waals surface area contributed by atoms with E-state index in [9.17, 15) is 48.6 Å². The summed E-state index contributed by atoms with van der Waals surface area (Å²) >= 11 is 5.35. The minimum atomic E-state index is -1.51. The molecule has 6 rings (SSSR count). The number of carboxylic acid groups (broad SMARTS) is 2. The van der Waals surface area contributed by atoms with Crippen LogP contribution >= 0.6 is 46.6 Å². The number of pyridine rings is 1. The van der Waals surface area contributed by atoms with Crippen LogP contribution in [0.5, 0.6) is 0 Å². The molecule has 4 aliphatic rings. The third-order valence-electron chi connectivity index (χ3n) is 7.95. The van der Waals surface area contributed by atoms with Crippen molar-refractivity contribution in [1.82, 2.24) is 25.4 Å². The molecule has 2 fully saturated rings. The van der Waals surface area contributed by atoms with Gasteiger partial charge in [-0.2, -0.15) is 0 Å². The van der Waals surface area contributed by atoms with Crippen LogP contribution < -0.4 is 80.0 Å². The number of hydrogen-bond acceptors (Lipinski definition) is 17. The molecule has 2 aromatic rings. The van der Waals surface area contributed by atoms with E-state index in [4.69, 9.17) is 9.47 Å². The molecule has 0 unspecified atom stereocenters. The third-order valence-corrected chi connectivity index (χ3v) is 12.5. The van der Waals surface area contributed by atoms with E-state index in [0.29, 0.717) is 11.1 Å². The smallest absolute Gasteiger partial charge is 0.543 e. The largest absolute Gasteiger partial charge is 1.00 e. The average molecular weight is 864 g/mol. The van der Waals surface area contributed by atoms with Gasteiger partial charge in [-0.15, -0.1) is 46.6 Å². The number of thioether (sulfide) groups is 3. The zero-order chi connectivity index (χ0) is 39.1. The molecule has 0 bridgehead atoms.